The van der Waals surface area contributed by atoms with Crippen LogP contribution in [0.2, 0.25) is 0 Å². The van der Waals surface area contributed by atoms with Gasteiger partial charge in [-0.2, -0.15) is 0 Å². The van der Waals surface area contributed by atoms with Gasteiger partial charge in [0.1, 0.15) is 80.5 Å². The van der Waals surface area contributed by atoms with Crippen molar-refractivity contribution in [3.63, 3.8) is 0 Å². The van der Waals surface area contributed by atoms with Crippen LogP contribution in [0.5, 0.6) is 0 Å². The Morgan fingerprint density at radius 2 is 0.754 bits per heavy atom. The highest BCUT2D eigenvalue weighted by atomic mass is 32.2. The lowest BCUT2D eigenvalue weighted by Gasteiger charge is -2.28. The van der Waals surface area contributed by atoms with Gasteiger partial charge in [0.05, 0.1) is 37.5 Å². The molecule has 0 spiro atoms. The van der Waals surface area contributed by atoms with Crippen molar-refractivity contribution in [2.45, 2.75) is 158 Å². The lowest BCUT2D eigenvalue weighted by atomic mass is 9.82. The van der Waals surface area contributed by atoms with Gasteiger partial charge in [0.2, 0.25) is 0 Å². The van der Waals surface area contributed by atoms with Crippen LogP contribution in [0.25, 0.3) is 0 Å². The van der Waals surface area contributed by atoms with E-state index in [-0.39, 0.29) is 0 Å². The van der Waals surface area contributed by atoms with Crippen LogP contribution in [0.1, 0.15) is 147 Å². The Hall–Kier alpha value is 1.15. The zero-order valence-electron chi connectivity index (χ0n) is 43.7. The van der Waals surface area contributed by atoms with Crippen LogP contribution in [-0.2, 0) is 82.7 Å². The minimum Gasteiger partial charge on any atom is -0.0758 e. The molecule has 1 aromatic rings. The minimum atomic E-state index is 0.380. The third-order valence-corrected chi connectivity index (χ3v) is 30.3. The molecule has 8 atom stereocenters. The third-order valence-electron chi connectivity index (χ3n) is 16.0. The van der Waals surface area contributed by atoms with Crippen molar-refractivity contribution in [1.82, 2.24) is 0 Å². The lowest BCUT2D eigenvalue weighted by molar-refractivity contribution is 0.299. The molecule has 7 aliphatic heterocycles. The van der Waals surface area contributed by atoms with Crippen molar-refractivity contribution in [3.8, 4) is 0 Å². The van der Waals surface area contributed by atoms with Crippen molar-refractivity contribution in [1.29, 1.82) is 0 Å². The summed E-state index contributed by atoms with van der Waals surface area (Å²) in [7, 11) is 5.20. The van der Waals surface area contributed by atoms with E-state index in [4.69, 9.17) is 0 Å². The molecule has 10 aliphatic rings. The van der Waals surface area contributed by atoms with E-state index in [0.717, 1.165) is 100 Å². The monoisotopic (exact) mass is 1030 g/mol. The number of hydrogen-bond acceptors (Lipinski definition) is 0. The zero-order chi connectivity index (χ0) is 46.1. The summed E-state index contributed by atoms with van der Waals surface area (Å²) in [5.74, 6) is 23.7. The van der Waals surface area contributed by atoms with E-state index in [2.05, 4.69) is 92.4 Å². The van der Waals surface area contributed by atoms with Crippen molar-refractivity contribution < 1.29 is 0 Å². The number of fused-ring (bicyclic) bond motifs is 4. The first-order valence-corrected chi connectivity index (χ1v) is 40.8. The highest BCUT2D eigenvalue weighted by molar-refractivity contribution is 7.98. The zero-order valence-corrected chi connectivity index (χ0v) is 49.4. The molecule has 8 unspecified atom stereocenters. The number of rotatable bonds is 0. The van der Waals surface area contributed by atoms with Crippen molar-refractivity contribution in [3.05, 3.63) is 54.1 Å². The predicted molar refractivity (Wildman–Crippen MR) is 321 cm³/mol. The summed E-state index contributed by atoms with van der Waals surface area (Å²) < 4.78 is 0. The smallest absolute Gasteiger partial charge is 0.0758 e. The molecule has 0 N–H and O–H groups in total. The summed E-state index contributed by atoms with van der Waals surface area (Å²) in [4.78, 5) is 1.58. The largest absolute Gasteiger partial charge is 0.158 e. The molecule has 0 aromatic heterocycles. The Morgan fingerprint density at radius 3 is 1.28 bits per heavy atom. The van der Waals surface area contributed by atoms with Crippen LogP contribution in [0.3, 0.4) is 0 Å². The molecular formula is C58H105S7+7. The first-order chi connectivity index (χ1) is 31.7. The van der Waals surface area contributed by atoms with Gasteiger partial charge in [-0.25, -0.2) is 0 Å². The molecule has 0 bridgehead atoms. The van der Waals surface area contributed by atoms with E-state index in [1.54, 1.807) is 65.6 Å². The van der Waals surface area contributed by atoms with Gasteiger partial charge >= 0.3 is 0 Å². The molecule has 6 saturated heterocycles. The summed E-state index contributed by atoms with van der Waals surface area (Å²) in [5, 5.41) is 0.741. The SMILES string of the molecule is C[S+]1CC2CCCCC2C1.C[S+]1CCC2CCCC2C1.C[S+]1CCCC1.C[S+]1CCCCC1.C[S+]1CCCCCC1.C[S+]1CCCCCCC1.C[S+]1c2ccccc2CC2C=CC=CC21. The second-order valence-electron chi connectivity index (χ2n) is 21.8. The van der Waals surface area contributed by atoms with E-state index < -0.39 is 0 Å². The molecule has 7 heterocycles. The van der Waals surface area contributed by atoms with Crippen LogP contribution in [-0.4, -0.2) is 118 Å². The van der Waals surface area contributed by atoms with E-state index in [1.807, 2.05) is 0 Å². The number of benzene rings is 1. The van der Waals surface area contributed by atoms with Gasteiger partial charge in [0.25, 0.3) is 0 Å². The van der Waals surface area contributed by atoms with Crippen LogP contribution in [0.15, 0.2) is 53.5 Å². The second kappa shape index (κ2) is 33.7. The summed E-state index contributed by atoms with van der Waals surface area (Å²) in [6.07, 6.45) is 60.6. The Morgan fingerprint density at radius 1 is 0.354 bits per heavy atom. The van der Waals surface area contributed by atoms with Gasteiger partial charge in [-0.1, -0.05) is 62.1 Å². The summed E-state index contributed by atoms with van der Waals surface area (Å²) in [5.41, 5.74) is 1.56. The maximum atomic E-state index is 2.46. The molecule has 1 aromatic carbocycles. The normalized spacial score (nSPS) is 33.6. The van der Waals surface area contributed by atoms with Crippen LogP contribution in [0.4, 0.5) is 0 Å². The van der Waals surface area contributed by atoms with Gasteiger partial charge in [-0.15, -0.1) is 0 Å². The van der Waals surface area contributed by atoms with Crippen LogP contribution >= 0.6 is 0 Å². The fraction of sp³-hybridized carbons (Fsp3) is 0.828. The Bertz CT molecular complexity index is 1390. The number of hydrogen-bond donors (Lipinski definition) is 0. The fourth-order valence-corrected chi connectivity index (χ4v) is 25.0. The quantitative estimate of drug-likeness (QED) is 0.227. The molecule has 0 radical (unpaired) electrons. The van der Waals surface area contributed by atoms with E-state index >= 15 is 0 Å². The summed E-state index contributed by atoms with van der Waals surface area (Å²) in [6, 6.07) is 8.94. The van der Waals surface area contributed by atoms with E-state index in [0.29, 0.717) is 10.9 Å². The highest BCUT2D eigenvalue weighted by Crippen LogP contribution is 2.39. The molecule has 2 saturated carbocycles. The Labute approximate surface area is 427 Å². The standard InChI is InChI=1S/C14H15S.2C9H17S.C8H17S.C7H15S.C6H13S.C5H11S/c1-15-13-8-4-2-6-11(13)10-12-7-3-5-9-14(12)15;1-10-6-5-8-3-2-4-9(8)7-10;1-10-6-8-4-2-3-5-9(8)7-10;1-9-7-5-3-2-4-6-8-9;1-8-6-4-2-3-5-7-8;1-7-5-3-2-4-6-7;1-6-4-2-3-5-6/h2-9,11,13H,10H2,1H3;2*8-9H,2-7H2,1H3;2-8H2,1H3;2-7H2,1H3;2-6H2,1H3;2-5H2,1H3/q7*+1. The lowest BCUT2D eigenvalue weighted by Crippen LogP contribution is -2.34. The minimum absolute atomic E-state index is 0.380. The predicted octanol–water partition coefficient (Wildman–Crippen LogP) is 13.5. The fourth-order valence-electron chi connectivity index (χ4n) is 11.9. The first kappa shape index (κ1) is 57.1. The van der Waals surface area contributed by atoms with E-state index in [1.165, 1.54) is 162 Å². The van der Waals surface area contributed by atoms with E-state index in [9.17, 15) is 0 Å². The van der Waals surface area contributed by atoms with Crippen molar-refractivity contribution in [2.75, 3.05) is 113 Å². The van der Waals surface area contributed by atoms with Crippen molar-refractivity contribution >= 4 is 76.3 Å². The molecule has 3 aliphatic carbocycles. The molecule has 65 heavy (non-hydrogen) atoms. The van der Waals surface area contributed by atoms with Gasteiger partial charge in [-0.3, -0.25) is 0 Å². The average molecular weight is 1030 g/mol. The highest BCUT2D eigenvalue weighted by Gasteiger charge is 2.41. The second-order valence-corrected chi connectivity index (χ2v) is 37.9. The molecule has 372 valence electrons. The number of allylic oxidation sites excluding steroid dienone is 3. The molecule has 0 amide bonds. The Kier molecular flexibility index (Phi) is 29.6. The summed E-state index contributed by atoms with van der Waals surface area (Å²) in [6.45, 7) is 0. The third kappa shape index (κ3) is 22.6. The van der Waals surface area contributed by atoms with Crippen molar-refractivity contribution in [2.24, 2.45) is 29.6 Å². The van der Waals surface area contributed by atoms with Gasteiger partial charge in [0.15, 0.2) is 4.90 Å². The first-order valence-electron chi connectivity index (χ1n) is 27.3. The molecule has 8 fully saturated rings. The molecule has 11 rings (SSSR count). The van der Waals surface area contributed by atoms with Gasteiger partial charge in [-0.05, 0) is 205 Å². The summed E-state index contributed by atoms with van der Waals surface area (Å²) >= 11 is 0. The maximum absolute atomic E-state index is 2.46. The molecule has 0 nitrogen and oxygen atoms in total. The molecular weight excluding hydrogens is 921 g/mol. The van der Waals surface area contributed by atoms with Crippen LogP contribution < -0.4 is 0 Å². The van der Waals surface area contributed by atoms with Gasteiger partial charge < -0.3 is 0 Å². The topological polar surface area (TPSA) is 0 Å². The maximum Gasteiger partial charge on any atom is 0.158 e. The molecule has 7 heteroatoms. The van der Waals surface area contributed by atoms with Gasteiger partial charge in [0, 0.05) is 40.1 Å². The van der Waals surface area contributed by atoms with Crippen LogP contribution in [0, 0.1) is 29.6 Å². The average Bonchev–Trinajstić information content (AvgIpc) is 4.04. The Balaban J connectivity index is 0.000000145.